The van der Waals surface area contributed by atoms with Crippen molar-refractivity contribution in [2.24, 2.45) is 35.0 Å². The van der Waals surface area contributed by atoms with E-state index in [9.17, 15) is 14.7 Å². The molecule has 2 saturated carbocycles. The van der Waals surface area contributed by atoms with Gasteiger partial charge in [-0.15, -0.1) is 0 Å². The maximum Gasteiger partial charge on any atom is 0.342 e. The molecule has 1 N–H and O–H groups in total. The minimum atomic E-state index is -0.409. The molecule has 0 saturated heterocycles. The highest BCUT2D eigenvalue weighted by Crippen LogP contribution is 2.57. The van der Waals surface area contributed by atoms with Gasteiger partial charge in [0.25, 0.3) is 0 Å². The van der Waals surface area contributed by atoms with E-state index >= 15 is 0 Å². The molecule has 4 aliphatic rings. The van der Waals surface area contributed by atoms with E-state index in [1.54, 1.807) is 18.2 Å². The van der Waals surface area contributed by atoms with Crippen LogP contribution in [0, 0.1) is 35.0 Å². The van der Waals surface area contributed by atoms with Crippen molar-refractivity contribution in [3.05, 3.63) is 41.5 Å². The van der Waals surface area contributed by atoms with Gasteiger partial charge in [0.1, 0.15) is 17.4 Å². The fourth-order valence-electron chi connectivity index (χ4n) is 5.70. The van der Waals surface area contributed by atoms with Gasteiger partial charge in [-0.1, -0.05) is 58.7 Å². The second kappa shape index (κ2) is 9.18. The molecule has 0 amide bonds. The Morgan fingerprint density at radius 1 is 1.13 bits per heavy atom. The third-order valence-electron chi connectivity index (χ3n) is 7.87. The lowest BCUT2D eigenvalue weighted by Crippen LogP contribution is -2.51. The lowest BCUT2D eigenvalue weighted by Gasteiger charge is -2.54. The molecule has 4 aliphatic carbocycles. The van der Waals surface area contributed by atoms with Crippen molar-refractivity contribution in [3.63, 3.8) is 0 Å². The number of hydrogen-bond acceptors (Lipinski definition) is 4. The molecule has 2 bridgehead atoms. The summed E-state index contributed by atoms with van der Waals surface area (Å²) in [6, 6.07) is 6.56. The number of allylic oxidation sites excluding steroid dienone is 2. The van der Waals surface area contributed by atoms with Crippen molar-refractivity contribution in [1.29, 1.82) is 0 Å². The van der Waals surface area contributed by atoms with Crippen LogP contribution in [0.25, 0.3) is 0 Å². The van der Waals surface area contributed by atoms with E-state index in [1.807, 2.05) is 6.08 Å². The summed E-state index contributed by atoms with van der Waals surface area (Å²) in [6.45, 7) is 13.1. The number of phenols is 1. The highest BCUT2D eigenvalue weighted by molar-refractivity contribution is 5.95. The molecule has 5 rings (SSSR count). The molecule has 5 atom stereocenters. The van der Waals surface area contributed by atoms with Crippen molar-refractivity contribution >= 4 is 11.8 Å². The van der Waals surface area contributed by atoms with Gasteiger partial charge >= 0.3 is 5.97 Å². The number of benzene rings is 1. The largest absolute Gasteiger partial charge is 0.507 e. The maximum atomic E-state index is 12.2. The van der Waals surface area contributed by atoms with E-state index in [1.165, 1.54) is 18.1 Å². The van der Waals surface area contributed by atoms with Crippen LogP contribution in [0.4, 0.5) is 0 Å². The van der Waals surface area contributed by atoms with E-state index in [-0.39, 0.29) is 22.8 Å². The van der Waals surface area contributed by atoms with E-state index in [2.05, 4.69) is 41.5 Å². The van der Waals surface area contributed by atoms with E-state index in [4.69, 9.17) is 4.74 Å². The molecule has 31 heavy (non-hydrogen) atoms. The van der Waals surface area contributed by atoms with Crippen molar-refractivity contribution in [1.82, 2.24) is 0 Å². The summed E-state index contributed by atoms with van der Waals surface area (Å²) in [5.41, 5.74) is 1.81. The smallest absolute Gasteiger partial charge is 0.342 e. The van der Waals surface area contributed by atoms with Gasteiger partial charge in [0.15, 0.2) is 5.78 Å². The molecule has 0 radical (unpaired) electrons. The van der Waals surface area contributed by atoms with Crippen LogP contribution in [0.1, 0.15) is 77.6 Å². The first-order chi connectivity index (χ1) is 14.5. The van der Waals surface area contributed by atoms with Gasteiger partial charge in [-0.25, -0.2) is 4.79 Å². The summed E-state index contributed by atoms with van der Waals surface area (Å²) in [6.07, 6.45) is 6.14. The number of hydrogen-bond donors (Lipinski definition) is 1. The molecular weight excluding hydrogens is 388 g/mol. The summed E-state index contributed by atoms with van der Waals surface area (Å²) < 4.78 is 5.70. The summed E-state index contributed by atoms with van der Waals surface area (Å²) >= 11 is 0. The standard InChI is InChI=1S/C17H24O3.C10H14O/c1-11(2)13-9-8-12(3)10-16(13)20-17(19)14-6-4-5-7-15(14)18;1-6-4-9(11)8-5-7(6)10(8,2)3/h4-7,11-13,16,18H,8-10H2,1-3H3;4,7-8H,5H2,1-3H3/t12-,13+,16-;/m1./s1. The average Bonchev–Trinajstić information content (AvgIpc) is 2.67. The van der Waals surface area contributed by atoms with Gasteiger partial charge in [0.2, 0.25) is 0 Å². The van der Waals surface area contributed by atoms with Gasteiger partial charge < -0.3 is 9.84 Å². The normalized spacial score (nSPS) is 31.1. The second-order valence-electron chi connectivity index (χ2n) is 10.7. The number of para-hydroxylation sites is 1. The Bertz CT molecular complexity index is 851. The Morgan fingerprint density at radius 3 is 2.35 bits per heavy atom. The Kier molecular flexibility index (Phi) is 6.98. The first-order valence-corrected chi connectivity index (χ1v) is 11.7. The van der Waals surface area contributed by atoms with E-state index in [0.717, 1.165) is 19.3 Å². The first kappa shape index (κ1) is 23.6. The summed E-state index contributed by atoms with van der Waals surface area (Å²) in [5, 5.41) is 9.74. The predicted molar refractivity (Wildman–Crippen MR) is 123 cm³/mol. The van der Waals surface area contributed by atoms with Crippen LogP contribution in [-0.2, 0) is 9.53 Å². The summed E-state index contributed by atoms with van der Waals surface area (Å²) in [5.74, 6) is 2.46. The molecule has 1 aromatic rings. The maximum absolute atomic E-state index is 12.2. The zero-order chi connectivity index (χ0) is 22.9. The average molecular weight is 427 g/mol. The number of esters is 1. The van der Waals surface area contributed by atoms with Gasteiger partial charge in [-0.3, -0.25) is 4.79 Å². The zero-order valence-electron chi connectivity index (χ0n) is 19.9. The van der Waals surface area contributed by atoms with Gasteiger partial charge in [-0.05, 0) is 73.5 Å². The Balaban J connectivity index is 0.000000207. The van der Waals surface area contributed by atoms with Gasteiger partial charge in [-0.2, -0.15) is 0 Å². The monoisotopic (exact) mass is 426 g/mol. The molecular formula is C27H38O4. The van der Waals surface area contributed by atoms with Crippen LogP contribution in [0.2, 0.25) is 0 Å². The zero-order valence-corrected chi connectivity index (χ0v) is 19.9. The van der Waals surface area contributed by atoms with Crippen molar-refractivity contribution in [3.8, 4) is 5.75 Å². The summed E-state index contributed by atoms with van der Waals surface area (Å²) in [7, 11) is 0. The number of phenolic OH excluding ortho intramolecular Hbond substituents is 1. The highest BCUT2D eigenvalue weighted by atomic mass is 16.5. The van der Waals surface area contributed by atoms with Gasteiger partial charge in [0.05, 0.1) is 0 Å². The van der Waals surface area contributed by atoms with Crippen LogP contribution in [-0.4, -0.2) is 23.0 Å². The molecule has 0 aliphatic heterocycles. The molecule has 4 heteroatoms. The van der Waals surface area contributed by atoms with E-state index < -0.39 is 5.97 Å². The number of carbonyl (C=O) groups is 2. The van der Waals surface area contributed by atoms with Gasteiger partial charge in [0, 0.05) is 5.92 Å². The second-order valence-corrected chi connectivity index (χ2v) is 10.7. The molecule has 2 fully saturated rings. The third kappa shape index (κ3) is 4.88. The minimum Gasteiger partial charge on any atom is -0.507 e. The molecule has 4 nitrogen and oxygen atoms in total. The minimum absolute atomic E-state index is 0.0116. The fraction of sp³-hybridized carbons (Fsp3) is 0.630. The first-order valence-electron chi connectivity index (χ1n) is 11.7. The molecule has 1 aromatic carbocycles. The lowest BCUT2D eigenvalue weighted by molar-refractivity contribution is -0.133. The number of fused-ring (bicyclic) bond motifs is 1. The Labute approximate surface area is 187 Å². The van der Waals surface area contributed by atoms with Crippen molar-refractivity contribution in [2.45, 2.75) is 73.3 Å². The summed E-state index contributed by atoms with van der Waals surface area (Å²) in [4.78, 5) is 23.6. The number of ether oxygens (including phenoxy) is 1. The van der Waals surface area contributed by atoms with Crippen LogP contribution in [0.15, 0.2) is 35.9 Å². The van der Waals surface area contributed by atoms with Crippen molar-refractivity contribution in [2.75, 3.05) is 0 Å². The highest BCUT2D eigenvalue weighted by Gasteiger charge is 2.54. The molecule has 0 spiro atoms. The Morgan fingerprint density at radius 2 is 1.81 bits per heavy atom. The number of rotatable bonds is 3. The van der Waals surface area contributed by atoms with E-state index in [0.29, 0.717) is 35.4 Å². The van der Waals surface area contributed by atoms with Crippen LogP contribution >= 0.6 is 0 Å². The molecule has 0 aromatic heterocycles. The lowest BCUT2D eigenvalue weighted by atomic mass is 9.49. The van der Waals surface area contributed by atoms with Crippen LogP contribution in [0.5, 0.6) is 5.75 Å². The van der Waals surface area contributed by atoms with Crippen LogP contribution in [0.3, 0.4) is 0 Å². The quantitative estimate of drug-likeness (QED) is 0.586. The Hall–Kier alpha value is -2.10. The number of ketones is 1. The topological polar surface area (TPSA) is 63.6 Å². The molecule has 0 heterocycles. The molecule has 170 valence electrons. The molecule has 2 unspecified atom stereocenters. The number of aromatic hydroxyl groups is 1. The number of carbonyl (C=O) groups excluding carboxylic acids is 2. The van der Waals surface area contributed by atoms with Crippen molar-refractivity contribution < 1.29 is 19.4 Å². The van der Waals surface area contributed by atoms with Crippen LogP contribution < -0.4 is 0 Å². The fourth-order valence-corrected chi connectivity index (χ4v) is 5.70. The predicted octanol–water partition coefficient (Wildman–Crippen LogP) is 6.19. The third-order valence-corrected chi connectivity index (χ3v) is 7.87. The SMILES string of the molecule is CC(C)[C@@H]1CC[C@@H](C)C[C@H]1OC(=O)c1ccccc1O.CC1=CC(=O)C2CC1C2(C)C.